The maximum Gasteiger partial charge on any atom is 0.247 e. The van der Waals surface area contributed by atoms with Gasteiger partial charge in [-0.05, 0) is 38.5 Å². The minimum Gasteiger partial charge on any atom is -0.306 e. The van der Waals surface area contributed by atoms with E-state index >= 15 is 0 Å². The molecule has 0 radical (unpaired) electrons. The lowest BCUT2D eigenvalue weighted by Gasteiger charge is -2.38. The lowest BCUT2D eigenvalue weighted by Crippen LogP contribution is -2.50. The Morgan fingerprint density at radius 1 is 1.08 bits per heavy atom. The number of amides is 2. The molecule has 0 aromatic heterocycles. The van der Waals surface area contributed by atoms with Gasteiger partial charge in [-0.25, -0.2) is 0 Å². The summed E-state index contributed by atoms with van der Waals surface area (Å²) < 4.78 is 0. The predicted molar refractivity (Wildman–Crippen MR) is 96.3 cm³/mol. The van der Waals surface area contributed by atoms with Crippen molar-refractivity contribution in [2.45, 2.75) is 33.2 Å². The number of benzene rings is 2. The molecule has 2 aromatic rings. The third kappa shape index (κ3) is 3.04. The Hall–Kier alpha value is -2.62. The second-order valence-electron chi connectivity index (χ2n) is 6.49. The van der Waals surface area contributed by atoms with E-state index in [9.17, 15) is 9.59 Å². The number of hydrogen-bond donors (Lipinski definition) is 0. The van der Waals surface area contributed by atoms with Crippen LogP contribution in [0.4, 0.5) is 11.4 Å². The van der Waals surface area contributed by atoms with Crippen LogP contribution in [-0.2, 0) is 16.0 Å². The molecule has 124 valence electrons. The van der Waals surface area contributed by atoms with Crippen molar-refractivity contribution in [3.63, 3.8) is 0 Å². The lowest BCUT2D eigenvalue weighted by molar-refractivity contribution is -0.122. The molecule has 0 saturated heterocycles. The molecular formula is C20H22N2O2. The predicted octanol–water partition coefficient (Wildman–Crippen LogP) is 3.33. The molecule has 2 aromatic carbocycles. The van der Waals surface area contributed by atoms with Gasteiger partial charge in [0, 0.05) is 6.04 Å². The van der Waals surface area contributed by atoms with Crippen LogP contribution in [0.3, 0.4) is 0 Å². The topological polar surface area (TPSA) is 40.6 Å². The van der Waals surface area contributed by atoms with E-state index in [1.807, 2.05) is 69.3 Å². The molecule has 0 N–H and O–H groups in total. The van der Waals surface area contributed by atoms with Gasteiger partial charge >= 0.3 is 0 Å². The largest absolute Gasteiger partial charge is 0.306 e. The Labute approximate surface area is 142 Å². The quantitative estimate of drug-likeness (QED) is 0.870. The van der Waals surface area contributed by atoms with E-state index in [0.29, 0.717) is 6.42 Å². The first-order valence-corrected chi connectivity index (χ1v) is 8.24. The molecule has 4 heteroatoms. The minimum absolute atomic E-state index is 0.0405. The second kappa shape index (κ2) is 6.48. The highest BCUT2D eigenvalue weighted by atomic mass is 16.2. The highest BCUT2D eigenvalue weighted by Crippen LogP contribution is 2.34. The minimum atomic E-state index is -0.0511. The summed E-state index contributed by atoms with van der Waals surface area (Å²) in [7, 11) is 0. The fraction of sp³-hybridized carbons (Fsp3) is 0.300. The van der Waals surface area contributed by atoms with Crippen LogP contribution in [-0.4, -0.2) is 24.4 Å². The molecule has 2 amide bonds. The van der Waals surface area contributed by atoms with Crippen molar-refractivity contribution in [1.82, 2.24) is 0 Å². The summed E-state index contributed by atoms with van der Waals surface area (Å²) in [6, 6.07) is 15.6. The number of aryl methyl sites for hydroxylation is 1. The maximum atomic E-state index is 12.8. The maximum absolute atomic E-state index is 12.8. The van der Waals surface area contributed by atoms with Crippen molar-refractivity contribution < 1.29 is 9.59 Å². The molecule has 0 aliphatic carbocycles. The van der Waals surface area contributed by atoms with Gasteiger partial charge in [-0.3, -0.25) is 9.59 Å². The van der Waals surface area contributed by atoms with E-state index in [2.05, 4.69) is 0 Å². The zero-order valence-electron chi connectivity index (χ0n) is 14.3. The van der Waals surface area contributed by atoms with Crippen LogP contribution in [0.15, 0.2) is 48.5 Å². The smallest absolute Gasteiger partial charge is 0.247 e. The summed E-state index contributed by atoms with van der Waals surface area (Å²) in [5, 5.41) is 0. The van der Waals surface area contributed by atoms with Crippen LogP contribution in [0.25, 0.3) is 0 Å². The Bertz CT molecular complexity index is 783. The van der Waals surface area contributed by atoms with Gasteiger partial charge < -0.3 is 9.80 Å². The first-order valence-electron chi connectivity index (χ1n) is 8.24. The fourth-order valence-corrected chi connectivity index (χ4v) is 3.21. The number of anilines is 2. The van der Waals surface area contributed by atoms with Crippen molar-refractivity contribution in [3.8, 4) is 0 Å². The molecule has 1 aliphatic rings. The summed E-state index contributed by atoms with van der Waals surface area (Å²) in [4.78, 5) is 28.8. The molecule has 0 fully saturated rings. The number of carbonyl (C=O) groups excluding carboxylic acids is 2. The Kier molecular flexibility index (Phi) is 4.38. The Morgan fingerprint density at radius 2 is 1.79 bits per heavy atom. The van der Waals surface area contributed by atoms with E-state index in [1.165, 1.54) is 0 Å². The van der Waals surface area contributed by atoms with Crippen LogP contribution in [0, 0.1) is 6.92 Å². The summed E-state index contributed by atoms with van der Waals surface area (Å²) in [6.07, 6.45) is 0.297. The molecule has 4 nitrogen and oxygen atoms in total. The highest BCUT2D eigenvalue weighted by molar-refractivity contribution is 6.11. The standard InChI is InChI=1S/C20H22N2O2/c1-14(2)22-18-10-5-4-9-17(18)21(13-20(22)24)19(23)12-16-8-6-7-15(3)11-16/h4-11,14H,12-13H2,1-3H3. The molecule has 0 spiro atoms. The summed E-state index contributed by atoms with van der Waals surface area (Å²) in [5.74, 6) is -0.0916. The normalized spacial score (nSPS) is 14.1. The van der Waals surface area contributed by atoms with Crippen molar-refractivity contribution in [2.75, 3.05) is 16.3 Å². The average molecular weight is 322 g/mol. The highest BCUT2D eigenvalue weighted by Gasteiger charge is 2.33. The van der Waals surface area contributed by atoms with Crippen molar-refractivity contribution in [3.05, 3.63) is 59.7 Å². The third-order valence-corrected chi connectivity index (χ3v) is 4.25. The zero-order chi connectivity index (χ0) is 17.3. The number of fused-ring (bicyclic) bond motifs is 1. The van der Waals surface area contributed by atoms with E-state index in [0.717, 1.165) is 22.5 Å². The second-order valence-corrected chi connectivity index (χ2v) is 6.49. The molecule has 0 unspecified atom stereocenters. The molecule has 0 atom stereocenters. The van der Waals surface area contributed by atoms with Crippen molar-refractivity contribution >= 4 is 23.2 Å². The SMILES string of the molecule is Cc1cccc(CC(=O)N2CC(=O)N(C(C)C)c3ccccc32)c1. The summed E-state index contributed by atoms with van der Waals surface area (Å²) >= 11 is 0. The fourth-order valence-electron chi connectivity index (χ4n) is 3.21. The van der Waals surface area contributed by atoms with E-state index in [1.54, 1.807) is 9.80 Å². The number of hydrogen-bond acceptors (Lipinski definition) is 2. The van der Waals surface area contributed by atoms with Gasteiger partial charge in [0.1, 0.15) is 6.54 Å². The molecular weight excluding hydrogens is 300 g/mol. The van der Waals surface area contributed by atoms with Gasteiger partial charge in [-0.1, -0.05) is 42.0 Å². The number of rotatable bonds is 3. The van der Waals surface area contributed by atoms with Crippen molar-refractivity contribution in [2.24, 2.45) is 0 Å². The van der Waals surface area contributed by atoms with Gasteiger partial charge in [0.2, 0.25) is 11.8 Å². The molecule has 1 aliphatic heterocycles. The molecule has 0 bridgehead atoms. The van der Waals surface area contributed by atoms with Crippen LogP contribution in [0.1, 0.15) is 25.0 Å². The van der Waals surface area contributed by atoms with Gasteiger partial charge in [0.15, 0.2) is 0 Å². The van der Waals surface area contributed by atoms with Crippen LogP contribution < -0.4 is 9.80 Å². The lowest BCUT2D eigenvalue weighted by atomic mass is 10.1. The average Bonchev–Trinajstić information content (AvgIpc) is 2.53. The first-order chi connectivity index (χ1) is 11.5. The monoisotopic (exact) mass is 322 g/mol. The molecule has 3 rings (SSSR count). The van der Waals surface area contributed by atoms with Gasteiger partial charge in [0.25, 0.3) is 0 Å². The van der Waals surface area contributed by atoms with E-state index in [-0.39, 0.29) is 24.4 Å². The Morgan fingerprint density at radius 3 is 2.46 bits per heavy atom. The van der Waals surface area contributed by atoms with Crippen LogP contribution in [0.2, 0.25) is 0 Å². The van der Waals surface area contributed by atoms with E-state index < -0.39 is 0 Å². The number of nitrogens with zero attached hydrogens (tertiary/aromatic N) is 2. The van der Waals surface area contributed by atoms with Crippen molar-refractivity contribution in [1.29, 1.82) is 0 Å². The Balaban J connectivity index is 1.92. The molecule has 1 heterocycles. The first kappa shape index (κ1) is 16.2. The molecule has 24 heavy (non-hydrogen) atoms. The van der Waals surface area contributed by atoms with Crippen LogP contribution in [0.5, 0.6) is 0 Å². The van der Waals surface area contributed by atoms with Crippen LogP contribution >= 0.6 is 0 Å². The molecule has 0 saturated carbocycles. The summed E-state index contributed by atoms with van der Waals surface area (Å²) in [5.41, 5.74) is 3.71. The third-order valence-electron chi connectivity index (χ3n) is 4.25. The van der Waals surface area contributed by atoms with E-state index in [4.69, 9.17) is 0 Å². The van der Waals surface area contributed by atoms with Gasteiger partial charge in [0.05, 0.1) is 17.8 Å². The summed E-state index contributed by atoms with van der Waals surface area (Å²) in [6.45, 7) is 6.08. The van der Waals surface area contributed by atoms with Gasteiger partial charge in [-0.2, -0.15) is 0 Å². The van der Waals surface area contributed by atoms with Gasteiger partial charge in [-0.15, -0.1) is 0 Å². The zero-order valence-corrected chi connectivity index (χ0v) is 14.3. The number of para-hydroxylation sites is 2. The number of carbonyl (C=O) groups is 2.